The lowest BCUT2D eigenvalue weighted by atomic mass is 9.85. The van der Waals surface area contributed by atoms with E-state index in [9.17, 15) is 23.9 Å². The van der Waals surface area contributed by atoms with Gasteiger partial charge >= 0.3 is 5.97 Å². The standard InChI is InChI=1S/C23H23FN2O4/c1-12(2)16-9-17(22(25)28)13(3)7-20(16)26-11-19(23(29)30)18(10-21(26)27)14-5-4-6-15(24)8-14/h4-9,11-12,18H,10H2,1-3H3,(H2,25,28)(H,29,30). The van der Waals surface area contributed by atoms with Crippen molar-refractivity contribution in [3.8, 4) is 0 Å². The molecule has 2 aromatic carbocycles. The number of amides is 2. The molecule has 156 valence electrons. The lowest BCUT2D eigenvalue weighted by molar-refractivity contribution is -0.133. The highest BCUT2D eigenvalue weighted by atomic mass is 19.1. The number of aliphatic carboxylic acids is 1. The summed E-state index contributed by atoms with van der Waals surface area (Å²) in [5, 5.41) is 9.78. The van der Waals surface area contributed by atoms with Crippen molar-refractivity contribution in [3.63, 3.8) is 0 Å². The van der Waals surface area contributed by atoms with Gasteiger partial charge in [-0.05, 0) is 53.8 Å². The van der Waals surface area contributed by atoms with E-state index in [4.69, 9.17) is 5.73 Å². The van der Waals surface area contributed by atoms with Crippen LogP contribution in [0, 0.1) is 12.7 Å². The fraction of sp³-hybridized carbons (Fsp3) is 0.261. The lowest BCUT2D eigenvalue weighted by Crippen LogP contribution is -2.35. The topological polar surface area (TPSA) is 101 Å². The zero-order chi connectivity index (χ0) is 22.2. The summed E-state index contributed by atoms with van der Waals surface area (Å²) < 4.78 is 13.7. The molecule has 1 heterocycles. The first-order valence-corrected chi connectivity index (χ1v) is 9.57. The molecule has 1 aliphatic rings. The fourth-order valence-corrected chi connectivity index (χ4v) is 3.76. The van der Waals surface area contributed by atoms with E-state index < -0.39 is 23.6 Å². The number of nitrogens with zero attached hydrogens (tertiary/aromatic N) is 1. The van der Waals surface area contributed by atoms with Crippen molar-refractivity contribution in [1.82, 2.24) is 0 Å². The minimum Gasteiger partial charge on any atom is -0.478 e. The maximum absolute atomic E-state index is 13.7. The molecular formula is C23H23FN2O4. The SMILES string of the molecule is Cc1cc(N2C=C(C(=O)O)C(c3cccc(F)c3)CC2=O)c(C(C)C)cc1C(N)=O. The Balaban J connectivity index is 2.16. The minimum atomic E-state index is -1.18. The summed E-state index contributed by atoms with van der Waals surface area (Å²) in [6.07, 6.45) is 1.18. The van der Waals surface area contributed by atoms with Crippen LogP contribution in [0.2, 0.25) is 0 Å². The van der Waals surface area contributed by atoms with Crippen LogP contribution in [0.1, 0.15) is 59.2 Å². The van der Waals surface area contributed by atoms with E-state index in [0.717, 1.165) is 0 Å². The van der Waals surface area contributed by atoms with Crippen LogP contribution in [0.3, 0.4) is 0 Å². The van der Waals surface area contributed by atoms with Gasteiger partial charge in [-0.15, -0.1) is 0 Å². The highest BCUT2D eigenvalue weighted by molar-refractivity contribution is 6.03. The van der Waals surface area contributed by atoms with Gasteiger partial charge in [-0.1, -0.05) is 26.0 Å². The second kappa shape index (κ2) is 8.10. The number of primary amides is 1. The van der Waals surface area contributed by atoms with Gasteiger partial charge in [0, 0.05) is 24.1 Å². The predicted molar refractivity (Wildman–Crippen MR) is 111 cm³/mol. The van der Waals surface area contributed by atoms with E-state index in [-0.39, 0.29) is 23.8 Å². The molecule has 1 aliphatic heterocycles. The maximum atomic E-state index is 13.7. The first kappa shape index (κ1) is 21.2. The third-order valence-corrected chi connectivity index (χ3v) is 5.31. The second-order valence-electron chi connectivity index (χ2n) is 7.71. The number of hydrogen-bond acceptors (Lipinski definition) is 3. The number of benzene rings is 2. The average molecular weight is 410 g/mol. The molecule has 3 rings (SSSR count). The molecule has 0 fully saturated rings. The Morgan fingerprint density at radius 3 is 2.50 bits per heavy atom. The number of aryl methyl sites for hydroxylation is 1. The van der Waals surface area contributed by atoms with Crippen molar-refractivity contribution >= 4 is 23.5 Å². The van der Waals surface area contributed by atoms with Crippen LogP contribution >= 0.6 is 0 Å². The van der Waals surface area contributed by atoms with E-state index in [1.807, 2.05) is 13.8 Å². The van der Waals surface area contributed by atoms with Crippen LogP contribution in [-0.4, -0.2) is 22.9 Å². The van der Waals surface area contributed by atoms with Crippen molar-refractivity contribution in [2.24, 2.45) is 5.73 Å². The number of nitrogens with two attached hydrogens (primary N) is 1. The summed E-state index contributed by atoms with van der Waals surface area (Å²) >= 11 is 0. The Kier molecular flexibility index (Phi) is 5.73. The normalized spacial score (nSPS) is 16.6. The fourth-order valence-electron chi connectivity index (χ4n) is 3.76. The van der Waals surface area contributed by atoms with Gasteiger partial charge < -0.3 is 10.8 Å². The molecular weight excluding hydrogens is 387 g/mol. The van der Waals surface area contributed by atoms with Gasteiger partial charge in [-0.25, -0.2) is 9.18 Å². The minimum absolute atomic E-state index is 0.00784. The van der Waals surface area contributed by atoms with Gasteiger partial charge in [-0.3, -0.25) is 14.5 Å². The highest BCUT2D eigenvalue weighted by Gasteiger charge is 2.34. The zero-order valence-corrected chi connectivity index (χ0v) is 17.0. The molecule has 0 bridgehead atoms. The Labute approximate surface area is 173 Å². The monoisotopic (exact) mass is 410 g/mol. The van der Waals surface area contributed by atoms with E-state index in [2.05, 4.69) is 0 Å². The Morgan fingerprint density at radius 1 is 1.23 bits per heavy atom. The quantitative estimate of drug-likeness (QED) is 0.782. The number of hydrogen-bond donors (Lipinski definition) is 2. The molecule has 3 N–H and O–H groups in total. The molecule has 0 radical (unpaired) electrons. The van der Waals surface area contributed by atoms with Crippen molar-refractivity contribution < 1.29 is 23.9 Å². The molecule has 0 spiro atoms. The summed E-state index contributed by atoms with van der Waals surface area (Å²) in [6, 6.07) is 8.94. The largest absolute Gasteiger partial charge is 0.478 e. The predicted octanol–water partition coefficient (Wildman–Crippen LogP) is 3.85. The van der Waals surface area contributed by atoms with Crippen LogP contribution in [-0.2, 0) is 9.59 Å². The number of carboxylic acids is 1. The van der Waals surface area contributed by atoms with Gasteiger partial charge in [-0.2, -0.15) is 0 Å². The number of carboxylic acid groups (broad SMARTS) is 1. The summed E-state index contributed by atoms with van der Waals surface area (Å²) in [6.45, 7) is 5.52. The van der Waals surface area contributed by atoms with Gasteiger partial charge in [0.25, 0.3) is 0 Å². The van der Waals surface area contributed by atoms with Crippen molar-refractivity contribution in [3.05, 3.63) is 76.2 Å². The van der Waals surface area contributed by atoms with Crippen LogP contribution in [0.5, 0.6) is 0 Å². The Hall–Kier alpha value is -3.48. The number of rotatable bonds is 5. The van der Waals surface area contributed by atoms with Gasteiger partial charge in [0.15, 0.2) is 0 Å². The molecule has 0 saturated heterocycles. The summed E-state index contributed by atoms with van der Waals surface area (Å²) in [4.78, 5) is 38.1. The van der Waals surface area contributed by atoms with Crippen molar-refractivity contribution in [2.75, 3.05) is 4.90 Å². The average Bonchev–Trinajstić information content (AvgIpc) is 2.66. The Morgan fingerprint density at radius 2 is 1.93 bits per heavy atom. The molecule has 0 saturated carbocycles. The molecule has 1 atom stereocenters. The van der Waals surface area contributed by atoms with Crippen LogP contribution < -0.4 is 10.6 Å². The smallest absolute Gasteiger partial charge is 0.333 e. The van der Waals surface area contributed by atoms with Crippen LogP contribution in [0.15, 0.2) is 48.2 Å². The molecule has 0 aromatic heterocycles. The first-order chi connectivity index (χ1) is 14.1. The molecule has 0 aliphatic carbocycles. The number of carbonyl (C=O) groups is 3. The summed E-state index contributed by atoms with van der Waals surface area (Å²) in [5.41, 5.74) is 8.03. The third kappa shape index (κ3) is 3.96. The lowest BCUT2D eigenvalue weighted by Gasteiger charge is -2.32. The number of carbonyl (C=O) groups excluding carboxylic acids is 2. The molecule has 30 heavy (non-hydrogen) atoms. The molecule has 2 amide bonds. The molecule has 7 heteroatoms. The van der Waals surface area contributed by atoms with E-state index in [1.54, 1.807) is 25.1 Å². The summed E-state index contributed by atoms with van der Waals surface area (Å²) in [5.74, 6) is -3.36. The van der Waals surface area contributed by atoms with E-state index in [0.29, 0.717) is 27.9 Å². The second-order valence-corrected chi connectivity index (χ2v) is 7.71. The number of halogens is 1. The highest BCUT2D eigenvalue weighted by Crippen LogP contribution is 2.38. The van der Waals surface area contributed by atoms with Crippen molar-refractivity contribution in [1.29, 1.82) is 0 Å². The van der Waals surface area contributed by atoms with E-state index in [1.165, 1.54) is 29.3 Å². The maximum Gasteiger partial charge on any atom is 0.333 e. The molecule has 6 nitrogen and oxygen atoms in total. The van der Waals surface area contributed by atoms with Crippen LogP contribution in [0.25, 0.3) is 0 Å². The molecule has 2 aromatic rings. The van der Waals surface area contributed by atoms with E-state index >= 15 is 0 Å². The number of anilines is 1. The van der Waals surface area contributed by atoms with Gasteiger partial charge in [0.2, 0.25) is 11.8 Å². The van der Waals surface area contributed by atoms with Gasteiger partial charge in [0.1, 0.15) is 5.82 Å². The van der Waals surface area contributed by atoms with Crippen LogP contribution in [0.4, 0.5) is 10.1 Å². The third-order valence-electron chi connectivity index (χ3n) is 5.31. The summed E-state index contributed by atoms with van der Waals surface area (Å²) in [7, 11) is 0. The van der Waals surface area contributed by atoms with Gasteiger partial charge in [0.05, 0.1) is 11.3 Å². The zero-order valence-electron chi connectivity index (χ0n) is 17.0. The first-order valence-electron chi connectivity index (χ1n) is 9.57. The molecule has 1 unspecified atom stereocenters. The Bertz CT molecular complexity index is 1070. The van der Waals surface area contributed by atoms with Crippen molar-refractivity contribution in [2.45, 2.75) is 39.0 Å².